The predicted molar refractivity (Wildman–Crippen MR) is 197 cm³/mol. The van der Waals surface area contributed by atoms with Gasteiger partial charge in [-0.15, -0.1) is 26.3 Å². The van der Waals surface area contributed by atoms with E-state index in [1.165, 1.54) is 0 Å². The normalized spacial score (nSPS) is 11.4. The van der Waals surface area contributed by atoms with Crippen LogP contribution in [0.5, 0.6) is 0 Å². The SMILES string of the molecule is C=C.C=CC.C=CC.CC(F)(P)C(=O)O.CCC(CC(=O)c1ccc(-c2cnc(NC(=O)Nc3ccc(C)c(C)c3)nc2)cc1)C(O)O. The number of aryl methyl sites for hydroxylation is 2. The number of amides is 2. The number of hydrogen-bond acceptors (Lipinski definition) is 7. The van der Waals surface area contributed by atoms with E-state index in [9.17, 15) is 29.0 Å². The third kappa shape index (κ3) is 18.5. The summed E-state index contributed by atoms with van der Waals surface area (Å²) in [7, 11) is 1.56. The molecule has 10 nitrogen and oxygen atoms in total. The highest BCUT2D eigenvalue weighted by atomic mass is 31.0. The molecule has 0 aliphatic rings. The van der Waals surface area contributed by atoms with Crippen molar-refractivity contribution in [1.82, 2.24) is 9.97 Å². The van der Waals surface area contributed by atoms with E-state index >= 15 is 0 Å². The van der Waals surface area contributed by atoms with E-state index in [1.54, 1.807) is 58.1 Å². The number of aliphatic hydroxyl groups is 2. The molecule has 0 aliphatic carbocycles. The Morgan fingerprint density at radius 2 is 1.42 bits per heavy atom. The number of aromatic nitrogens is 2. The quantitative estimate of drug-likeness (QED) is 0.0653. The Balaban J connectivity index is 0. The summed E-state index contributed by atoms with van der Waals surface area (Å²) in [5.41, 5.74) is 4.95. The summed E-state index contributed by atoms with van der Waals surface area (Å²) in [4.78, 5) is 42.6. The molecule has 1 aromatic heterocycles. The number of hydrogen-bond donors (Lipinski definition) is 5. The molecule has 2 aromatic carbocycles. The van der Waals surface area contributed by atoms with Crippen LogP contribution in [0.4, 0.5) is 20.8 Å². The van der Waals surface area contributed by atoms with Gasteiger partial charge < -0.3 is 20.6 Å². The molecule has 262 valence electrons. The van der Waals surface area contributed by atoms with Crippen molar-refractivity contribution in [3.63, 3.8) is 0 Å². The molecular formula is C36H50FN4O6P. The second kappa shape index (κ2) is 24.6. The number of halogens is 1. The van der Waals surface area contributed by atoms with E-state index < -0.39 is 29.6 Å². The molecule has 3 atom stereocenters. The van der Waals surface area contributed by atoms with Crippen LogP contribution in [0.3, 0.4) is 0 Å². The molecule has 0 radical (unpaired) electrons. The van der Waals surface area contributed by atoms with Gasteiger partial charge >= 0.3 is 12.0 Å². The van der Waals surface area contributed by atoms with Gasteiger partial charge in [-0.3, -0.25) is 10.1 Å². The number of aliphatic carboxylic acids is 1. The van der Waals surface area contributed by atoms with Crippen LogP contribution >= 0.6 is 9.24 Å². The molecule has 0 saturated heterocycles. The maximum Gasteiger partial charge on any atom is 0.344 e. The van der Waals surface area contributed by atoms with Crippen molar-refractivity contribution in [3.05, 3.63) is 110 Å². The van der Waals surface area contributed by atoms with Crippen LogP contribution < -0.4 is 10.6 Å². The number of carboxylic acid groups (broad SMARTS) is 1. The lowest BCUT2D eigenvalue weighted by atomic mass is 9.95. The average Bonchev–Trinajstić information content (AvgIpc) is 3.03. The molecule has 48 heavy (non-hydrogen) atoms. The van der Waals surface area contributed by atoms with Crippen LogP contribution in [0.1, 0.15) is 62.0 Å². The van der Waals surface area contributed by atoms with Gasteiger partial charge in [0.05, 0.1) is 0 Å². The Morgan fingerprint density at radius 3 is 1.81 bits per heavy atom. The molecular weight excluding hydrogens is 634 g/mol. The minimum atomic E-state index is -2.17. The second-order valence-electron chi connectivity index (χ2n) is 10.2. The first-order chi connectivity index (χ1) is 22.5. The lowest BCUT2D eigenvalue weighted by Gasteiger charge is -2.15. The first kappa shape index (κ1) is 45.6. The van der Waals surface area contributed by atoms with Gasteiger partial charge in [-0.1, -0.05) is 58.6 Å². The number of nitrogens with zero attached hydrogens (tertiary/aromatic N) is 2. The van der Waals surface area contributed by atoms with E-state index in [4.69, 9.17) is 5.11 Å². The molecule has 0 saturated carbocycles. The number of carbonyl (C=O) groups is 3. The molecule has 0 fully saturated rings. The summed E-state index contributed by atoms with van der Waals surface area (Å²) in [6.07, 6.45) is 5.74. The number of urea groups is 1. The third-order valence-electron chi connectivity index (χ3n) is 5.99. The van der Waals surface area contributed by atoms with Crippen molar-refractivity contribution in [3.8, 4) is 11.1 Å². The Hall–Kier alpha value is -4.57. The molecule has 3 aromatic rings. The molecule has 5 N–H and O–H groups in total. The van der Waals surface area contributed by atoms with Crippen LogP contribution in [0.2, 0.25) is 0 Å². The van der Waals surface area contributed by atoms with Crippen molar-refractivity contribution in [2.24, 2.45) is 5.92 Å². The predicted octanol–water partition coefficient (Wildman–Crippen LogP) is 8.13. The van der Waals surface area contributed by atoms with Crippen LogP contribution in [0.25, 0.3) is 11.1 Å². The van der Waals surface area contributed by atoms with Crippen LogP contribution in [-0.2, 0) is 4.79 Å². The molecule has 1 heterocycles. The lowest BCUT2D eigenvalue weighted by Crippen LogP contribution is -2.22. The Morgan fingerprint density at radius 1 is 0.938 bits per heavy atom. The highest BCUT2D eigenvalue weighted by Crippen LogP contribution is 2.22. The number of Topliss-reactive ketones (excluding diaryl/α,β-unsaturated/α-hetero) is 1. The maximum atomic E-state index is 12.4. The zero-order valence-electron chi connectivity index (χ0n) is 28.7. The fraction of sp³-hybridized carbons (Fsp3) is 0.306. The average molecular weight is 685 g/mol. The topological polar surface area (TPSA) is 162 Å². The van der Waals surface area contributed by atoms with E-state index in [1.807, 2.05) is 52.8 Å². The van der Waals surface area contributed by atoms with Gasteiger partial charge in [-0.25, -0.2) is 23.9 Å². The number of aliphatic hydroxyl groups excluding tert-OH is 1. The summed E-state index contributed by atoms with van der Waals surface area (Å²) >= 11 is 0. The van der Waals surface area contributed by atoms with Gasteiger partial charge in [0.15, 0.2) is 12.1 Å². The van der Waals surface area contributed by atoms with Crippen LogP contribution in [0.15, 0.2) is 93.3 Å². The van der Waals surface area contributed by atoms with Gasteiger partial charge in [-0.2, -0.15) is 0 Å². The highest BCUT2D eigenvalue weighted by Gasteiger charge is 2.25. The molecule has 12 heteroatoms. The smallest absolute Gasteiger partial charge is 0.344 e. The second-order valence-corrected chi connectivity index (χ2v) is 11.2. The third-order valence-corrected chi connectivity index (χ3v) is 6.24. The van der Waals surface area contributed by atoms with E-state index in [0.29, 0.717) is 17.7 Å². The highest BCUT2D eigenvalue weighted by molar-refractivity contribution is 7.20. The van der Waals surface area contributed by atoms with Crippen molar-refractivity contribution in [1.29, 1.82) is 0 Å². The van der Waals surface area contributed by atoms with Crippen molar-refractivity contribution >= 4 is 38.7 Å². The summed E-state index contributed by atoms with van der Waals surface area (Å²) < 4.78 is 11.9. The molecule has 3 unspecified atom stereocenters. The first-order valence-electron chi connectivity index (χ1n) is 14.9. The summed E-state index contributed by atoms with van der Waals surface area (Å²) in [5.74, 6) is -1.93. The Bertz CT molecular complexity index is 1420. The number of allylic oxidation sites excluding steroid dienone is 2. The fourth-order valence-corrected chi connectivity index (χ4v) is 3.29. The fourth-order valence-electron chi connectivity index (χ4n) is 3.29. The van der Waals surface area contributed by atoms with E-state index in [-0.39, 0.29) is 18.2 Å². The number of carbonyl (C=O) groups excluding carboxylic acids is 2. The monoisotopic (exact) mass is 684 g/mol. The Kier molecular flexibility index (Phi) is 23.3. The lowest BCUT2D eigenvalue weighted by molar-refractivity contribution is -0.144. The number of rotatable bonds is 9. The van der Waals surface area contributed by atoms with Crippen molar-refractivity contribution in [2.45, 2.75) is 66.1 Å². The van der Waals surface area contributed by atoms with Gasteiger partial charge in [0, 0.05) is 41.5 Å². The summed E-state index contributed by atoms with van der Waals surface area (Å²) in [6, 6.07) is 12.2. The molecule has 3 rings (SSSR count). The molecule has 0 spiro atoms. The van der Waals surface area contributed by atoms with E-state index in [2.05, 4.69) is 46.9 Å². The Labute approximate surface area is 286 Å². The largest absolute Gasteiger partial charge is 0.479 e. The minimum Gasteiger partial charge on any atom is -0.479 e. The van der Waals surface area contributed by atoms with Crippen molar-refractivity contribution < 1.29 is 34.1 Å². The number of alkyl halides is 1. The van der Waals surface area contributed by atoms with Crippen LogP contribution in [0, 0.1) is 19.8 Å². The summed E-state index contributed by atoms with van der Waals surface area (Å²) in [5, 5.41) is 29.7. The van der Waals surface area contributed by atoms with Gasteiger partial charge in [0.25, 0.3) is 0 Å². The van der Waals surface area contributed by atoms with Crippen LogP contribution in [-0.4, -0.2) is 54.8 Å². The van der Waals surface area contributed by atoms with Gasteiger partial charge in [-0.05, 0) is 69.9 Å². The zero-order valence-corrected chi connectivity index (χ0v) is 29.8. The van der Waals surface area contributed by atoms with Gasteiger partial charge in [0.2, 0.25) is 11.4 Å². The first-order valence-corrected chi connectivity index (χ1v) is 15.4. The standard InChI is InChI=1S/C25H28N4O4.C3H6FO2P.2C3H6.C2H4/c1-4-17(23(31)32)12-22(30)19-8-6-18(7-9-19)20-13-26-24(27-14-20)29-25(33)28-21-10-5-15(2)16(3)11-21;1-3(4,7)2(5)6;2*1-3-2;1-2/h5-11,13-14,17,23,31-32H,4,12H2,1-3H3,(H2,26,27,28,29,33);7H2,1H3,(H,5,6);2*3H,1H2,2H3;1-2H2. The number of nitrogens with one attached hydrogen (secondary N) is 2. The number of carboxylic acids is 1. The molecule has 0 bridgehead atoms. The zero-order chi connectivity index (χ0) is 37.4. The summed E-state index contributed by atoms with van der Waals surface area (Å²) in [6.45, 7) is 23.3. The minimum absolute atomic E-state index is 0.0706. The van der Waals surface area contributed by atoms with E-state index in [0.717, 1.165) is 29.2 Å². The number of benzene rings is 2. The molecule has 0 aliphatic heterocycles. The maximum absolute atomic E-state index is 12.4. The number of ketones is 1. The molecule has 2 amide bonds. The van der Waals surface area contributed by atoms with Crippen molar-refractivity contribution in [2.75, 3.05) is 10.6 Å². The van der Waals surface area contributed by atoms with Gasteiger partial charge in [0.1, 0.15) is 0 Å². The number of anilines is 2.